The van der Waals surface area contributed by atoms with Gasteiger partial charge in [0.05, 0.1) is 17.6 Å². The number of halogens is 1. The lowest BCUT2D eigenvalue weighted by molar-refractivity contribution is 0.466. The average Bonchev–Trinajstić information content (AvgIpc) is 3.10. The van der Waals surface area contributed by atoms with E-state index in [1.807, 2.05) is 10.9 Å². The van der Waals surface area contributed by atoms with E-state index in [1.165, 1.54) is 12.7 Å². The van der Waals surface area contributed by atoms with Crippen LogP contribution in [0, 0.1) is 0 Å². The Hall–Kier alpha value is -1.44. The van der Waals surface area contributed by atoms with Crippen LogP contribution in [0.4, 0.5) is 0 Å². The highest BCUT2D eigenvalue weighted by Crippen LogP contribution is 2.19. The monoisotopic (exact) mass is 342 g/mol. The molecule has 3 rings (SSSR count). The van der Waals surface area contributed by atoms with Gasteiger partial charge in [-0.25, -0.2) is 8.42 Å². The van der Waals surface area contributed by atoms with E-state index in [4.69, 9.17) is 0 Å². The first kappa shape index (κ1) is 16.9. The maximum absolute atomic E-state index is 11.4. The fourth-order valence-corrected chi connectivity index (χ4v) is 3.16. The van der Waals surface area contributed by atoms with Crippen LogP contribution in [0.15, 0.2) is 35.4 Å². The smallest absolute Gasteiger partial charge is 0.175 e. The van der Waals surface area contributed by atoms with Crippen molar-refractivity contribution in [3.8, 4) is 11.3 Å². The molecule has 6 nitrogen and oxygen atoms in total. The number of sulfone groups is 1. The molecular weight excluding hydrogens is 324 g/mol. The number of nitrogens with one attached hydrogen (secondary N) is 1. The Morgan fingerprint density at radius 1 is 1.32 bits per heavy atom. The molecule has 1 aliphatic rings. The van der Waals surface area contributed by atoms with Gasteiger partial charge in [0.1, 0.15) is 5.69 Å². The van der Waals surface area contributed by atoms with Crippen molar-refractivity contribution in [1.82, 2.24) is 20.3 Å². The second kappa shape index (κ2) is 6.76. The summed E-state index contributed by atoms with van der Waals surface area (Å²) >= 11 is 0. The molecule has 0 amide bonds. The van der Waals surface area contributed by atoms with Crippen LogP contribution in [-0.4, -0.2) is 42.3 Å². The molecule has 0 radical (unpaired) electrons. The minimum absolute atomic E-state index is 0. The molecule has 8 heteroatoms. The molecule has 1 aliphatic heterocycles. The number of rotatable bonds is 4. The second-order valence-electron chi connectivity index (χ2n) is 5.42. The van der Waals surface area contributed by atoms with E-state index < -0.39 is 9.84 Å². The van der Waals surface area contributed by atoms with E-state index in [2.05, 4.69) is 15.6 Å². The maximum Gasteiger partial charge on any atom is 0.175 e. The summed E-state index contributed by atoms with van der Waals surface area (Å²) in [4.78, 5) is 0.314. The van der Waals surface area contributed by atoms with E-state index >= 15 is 0 Å². The normalized spacial score (nSPS) is 18.1. The second-order valence-corrected chi connectivity index (χ2v) is 7.43. The van der Waals surface area contributed by atoms with Gasteiger partial charge in [0, 0.05) is 17.9 Å². The van der Waals surface area contributed by atoms with Crippen molar-refractivity contribution in [1.29, 1.82) is 0 Å². The van der Waals surface area contributed by atoms with Gasteiger partial charge >= 0.3 is 0 Å². The predicted molar refractivity (Wildman–Crippen MR) is 86.8 cm³/mol. The van der Waals surface area contributed by atoms with E-state index in [-0.39, 0.29) is 12.4 Å². The number of aromatic nitrogens is 3. The highest BCUT2D eigenvalue weighted by Gasteiger charge is 2.15. The van der Waals surface area contributed by atoms with Gasteiger partial charge in [-0.3, -0.25) is 4.68 Å². The third-order valence-corrected chi connectivity index (χ3v) is 4.82. The Morgan fingerprint density at radius 3 is 2.64 bits per heavy atom. The maximum atomic E-state index is 11.4. The SMILES string of the molecule is CS(=O)(=O)c1ccc(-c2cn(C[C@H]3CCCN3)nn2)cc1.Cl. The van der Waals surface area contributed by atoms with Crippen LogP contribution in [0.25, 0.3) is 11.3 Å². The molecule has 2 heterocycles. The van der Waals surface area contributed by atoms with Crippen molar-refractivity contribution in [2.75, 3.05) is 12.8 Å². The first-order valence-corrected chi connectivity index (χ1v) is 8.85. The van der Waals surface area contributed by atoms with Gasteiger partial charge in [0.25, 0.3) is 0 Å². The summed E-state index contributed by atoms with van der Waals surface area (Å²) < 4.78 is 24.7. The Balaban J connectivity index is 0.00000176. The standard InChI is InChI=1S/C14H18N4O2S.ClH/c1-21(19,20)13-6-4-11(5-7-13)14-10-18(17-16-14)9-12-3-2-8-15-12;/h4-7,10,12,15H,2-3,8-9H2,1H3;1H/t12-;/m1./s1. The van der Waals surface area contributed by atoms with Gasteiger partial charge in [0.2, 0.25) is 0 Å². The largest absolute Gasteiger partial charge is 0.312 e. The molecule has 22 heavy (non-hydrogen) atoms. The van der Waals surface area contributed by atoms with E-state index in [1.54, 1.807) is 24.3 Å². The molecule has 0 bridgehead atoms. The first-order valence-electron chi connectivity index (χ1n) is 6.96. The van der Waals surface area contributed by atoms with Gasteiger partial charge < -0.3 is 5.32 Å². The molecule has 1 atom stereocenters. The molecule has 1 fully saturated rings. The van der Waals surface area contributed by atoms with Crippen LogP contribution in [0.2, 0.25) is 0 Å². The summed E-state index contributed by atoms with van der Waals surface area (Å²) in [5, 5.41) is 11.7. The van der Waals surface area contributed by atoms with E-state index in [0.717, 1.165) is 30.8 Å². The fourth-order valence-electron chi connectivity index (χ4n) is 2.53. The number of hydrogen-bond acceptors (Lipinski definition) is 5. The highest BCUT2D eigenvalue weighted by atomic mass is 35.5. The lowest BCUT2D eigenvalue weighted by Gasteiger charge is -2.08. The van der Waals surface area contributed by atoms with Gasteiger partial charge in [-0.05, 0) is 31.5 Å². The Kier molecular flexibility index (Phi) is 5.20. The molecule has 1 N–H and O–H groups in total. The lowest BCUT2D eigenvalue weighted by Crippen LogP contribution is -2.26. The van der Waals surface area contributed by atoms with Crippen molar-refractivity contribution >= 4 is 22.2 Å². The topological polar surface area (TPSA) is 76.9 Å². The average molecular weight is 343 g/mol. The zero-order valence-electron chi connectivity index (χ0n) is 12.3. The third kappa shape index (κ3) is 3.85. The molecule has 0 spiro atoms. The van der Waals surface area contributed by atoms with Crippen LogP contribution in [0.1, 0.15) is 12.8 Å². The Morgan fingerprint density at radius 2 is 2.05 bits per heavy atom. The summed E-state index contributed by atoms with van der Waals surface area (Å²) in [5.74, 6) is 0. The summed E-state index contributed by atoms with van der Waals surface area (Å²) in [6.45, 7) is 1.88. The van der Waals surface area contributed by atoms with Gasteiger partial charge in [-0.2, -0.15) is 0 Å². The molecule has 1 saturated heterocycles. The molecule has 0 unspecified atom stereocenters. The molecule has 2 aromatic rings. The molecule has 1 aromatic heterocycles. The molecule has 120 valence electrons. The van der Waals surface area contributed by atoms with Crippen LogP contribution in [-0.2, 0) is 16.4 Å². The minimum Gasteiger partial charge on any atom is -0.312 e. The zero-order chi connectivity index (χ0) is 14.9. The number of nitrogens with zero attached hydrogens (tertiary/aromatic N) is 3. The third-order valence-electron chi connectivity index (χ3n) is 3.69. The van der Waals surface area contributed by atoms with Crippen molar-refractivity contribution in [2.45, 2.75) is 30.3 Å². The van der Waals surface area contributed by atoms with Gasteiger partial charge in [0.15, 0.2) is 9.84 Å². The van der Waals surface area contributed by atoms with Gasteiger partial charge in [-0.15, -0.1) is 17.5 Å². The predicted octanol–water partition coefficient (Wildman–Crippen LogP) is 1.52. The van der Waals surface area contributed by atoms with Crippen LogP contribution >= 0.6 is 12.4 Å². The highest BCUT2D eigenvalue weighted by molar-refractivity contribution is 7.90. The van der Waals surface area contributed by atoms with Crippen molar-refractivity contribution in [3.05, 3.63) is 30.5 Å². The fraction of sp³-hybridized carbons (Fsp3) is 0.429. The van der Waals surface area contributed by atoms with Crippen molar-refractivity contribution in [2.24, 2.45) is 0 Å². The number of hydrogen-bond donors (Lipinski definition) is 1. The zero-order valence-corrected chi connectivity index (χ0v) is 13.9. The molecule has 0 saturated carbocycles. The Bertz CT molecular complexity index is 722. The Labute approximate surface area is 136 Å². The lowest BCUT2D eigenvalue weighted by atomic mass is 10.2. The first-order chi connectivity index (χ1) is 10.0. The van der Waals surface area contributed by atoms with Crippen LogP contribution in [0.3, 0.4) is 0 Å². The van der Waals surface area contributed by atoms with Crippen molar-refractivity contribution in [3.63, 3.8) is 0 Å². The molecule has 1 aromatic carbocycles. The summed E-state index contributed by atoms with van der Waals surface area (Å²) in [6.07, 6.45) is 5.47. The van der Waals surface area contributed by atoms with Crippen LogP contribution in [0.5, 0.6) is 0 Å². The number of benzene rings is 1. The quantitative estimate of drug-likeness (QED) is 0.911. The molecular formula is C14H19ClN4O2S. The summed E-state index contributed by atoms with van der Waals surface area (Å²) in [6, 6.07) is 7.19. The van der Waals surface area contributed by atoms with E-state index in [0.29, 0.717) is 10.9 Å². The van der Waals surface area contributed by atoms with Gasteiger partial charge in [-0.1, -0.05) is 17.3 Å². The summed E-state index contributed by atoms with van der Waals surface area (Å²) in [5.41, 5.74) is 1.63. The van der Waals surface area contributed by atoms with E-state index in [9.17, 15) is 8.42 Å². The summed E-state index contributed by atoms with van der Waals surface area (Å²) in [7, 11) is -3.16. The van der Waals surface area contributed by atoms with Crippen LogP contribution < -0.4 is 5.32 Å². The van der Waals surface area contributed by atoms with Crippen molar-refractivity contribution < 1.29 is 8.42 Å². The minimum atomic E-state index is -3.16. The molecule has 0 aliphatic carbocycles.